The Bertz CT molecular complexity index is 438. The fourth-order valence-electron chi connectivity index (χ4n) is 1.28. The molecule has 2 rings (SSSR count). The highest BCUT2D eigenvalue weighted by Crippen LogP contribution is 2.26. The average molecular weight is 240 g/mol. The van der Waals surface area contributed by atoms with E-state index in [1.165, 1.54) is 11.5 Å². The van der Waals surface area contributed by atoms with Gasteiger partial charge in [-0.1, -0.05) is 11.6 Å². The number of benzene rings is 1. The second-order valence-electron chi connectivity index (χ2n) is 2.97. The summed E-state index contributed by atoms with van der Waals surface area (Å²) in [5, 5.41) is 0. The molecule has 0 unspecified atom stereocenters. The lowest BCUT2D eigenvalue weighted by Crippen LogP contribution is -1.90. The molecule has 0 bridgehead atoms. The summed E-state index contributed by atoms with van der Waals surface area (Å²) in [6.45, 7) is 2.65. The van der Waals surface area contributed by atoms with Gasteiger partial charge in [-0.2, -0.15) is 4.37 Å². The van der Waals surface area contributed by atoms with E-state index in [1.54, 1.807) is 0 Å². The van der Waals surface area contributed by atoms with Crippen molar-refractivity contribution in [2.75, 3.05) is 6.61 Å². The van der Waals surface area contributed by atoms with Crippen LogP contribution in [0.15, 0.2) is 30.3 Å². The highest BCUT2D eigenvalue weighted by molar-refractivity contribution is 7.10. The van der Waals surface area contributed by atoms with E-state index in [0.29, 0.717) is 10.9 Å². The number of rotatable bonds is 3. The molecule has 0 saturated heterocycles. The zero-order valence-corrected chi connectivity index (χ0v) is 9.81. The molecule has 0 atom stereocenters. The van der Waals surface area contributed by atoms with Crippen LogP contribution in [0.3, 0.4) is 0 Å². The van der Waals surface area contributed by atoms with Crippen LogP contribution in [0.5, 0.6) is 5.75 Å². The summed E-state index contributed by atoms with van der Waals surface area (Å²) in [5.41, 5.74) is 1.97. The van der Waals surface area contributed by atoms with Gasteiger partial charge >= 0.3 is 0 Å². The number of aromatic nitrogens is 1. The summed E-state index contributed by atoms with van der Waals surface area (Å²) in [6, 6.07) is 9.70. The maximum Gasteiger partial charge on any atom is 0.119 e. The molecule has 78 valence electrons. The lowest BCUT2D eigenvalue weighted by atomic mass is 10.1. The van der Waals surface area contributed by atoms with Crippen molar-refractivity contribution >= 4 is 23.1 Å². The van der Waals surface area contributed by atoms with Crippen molar-refractivity contribution < 1.29 is 4.74 Å². The van der Waals surface area contributed by atoms with Crippen molar-refractivity contribution in [2.24, 2.45) is 0 Å². The van der Waals surface area contributed by atoms with Crippen LogP contribution in [0.1, 0.15) is 6.92 Å². The van der Waals surface area contributed by atoms with E-state index in [4.69, 9.17) is 16.3 Å². The molecule has 2 nitrogen and oxygen atoms in total. The van der Waals surface area contributed by atoms with Gasteiger partial charge in [-0.25, -0.2) is 0 Å². The minimum absolute atomic E-state index is 0.682. The van der Waals surface area contributed by atoms with Gasteiger partial charge in [0.15, 0.2) is 0 Å². The molecule has 0 aliphatic carbocycles. The first-order chi connectivity index (χ1) is 7.29. The van der Waals surface area contributed by atoms with Gasteiger partial charge in [0.1, 0.15) is 10.1 Å². The Labute approximate surface area is 97.6 Å². The van der Waals surface area contributed by atoms with Crippen LogP contribution in [0, 0.1) is 0 Å². The normalized spacial score (nSPS) is 10.3. The predicted octanol–water partition coefficient (Wildman–Crippen LogP) is 3.86. The van der Waals surface area contributed by atoms with E-state index >= 15 is 0 Å². The van der Waals surface area contributed by atoms with Gasteiger partial charge in [-0.05, 0) is 48.8 Å². The largest absolute Gasteiger partial charge is 0.494 e. The standard InChI is InChI=1S/C11H10ClNOS/c1-2-14-9-5-3-8(4-6-9)10-7-11(12)15-13-10/h3-7H,2H2,1H3. The van der Waals surface area contributed by atoms with Gasteiger partial charge in [-0.3, -0.25) is 0 Å². The monoisotopic (exact) mass is 239 g/mol. The van der Waals surface area contributed by atoms with Crippen molar-refractivity contribution in [3.63, 3.8) is 0 Å². The zero-order chi connectivity index (χ0) is 10.7. The maximum atomic E-state index is 5.82. The Morgan fingerprint density at radius 2 is 2.07 bits per heavy atom. The summed E-state index contributed by atoms with van der Waals surface area (Å²) in [4.78, 5) is 0. The van der Waals surface area contributed by atoms with Gasteiger partial charge in [0, 0.05) is 5.56 Å². The average Bonchev–Trinajstić information content (AvgIpc) is 2.67. The Morgan fingerprint density at radius 1 is 1.33 bits per heavy atom. The van der Waals surface area contributed by atoms with Gasteiger partial charge in [0.2, 0.25) is 0 Å². The molecule has 15 heavy (non-hydrogen) atoms. The molecular weight excluding hydrogens is 230 g/mol. The lowest BCUT2D eigenvalue weighted by Gasteiger charge is -2.02. The third-order valence-electron chi connectivity index (χ3n) is 1.94. The van der Waals surface area contributed by atoms with Crippen LogP contribution in [0.2, 0.25) is 4.34 Å². The van der Waals surface area contributed by atoms with Gasteiger partial charge in [0.05, 0.1) is 12.3 Å². The number of ether oxygens (including phenoxy) is 1. The topological polar surface area (TPSA) is 22.1 Å². The second-order valence-corrected chi connectivity index (χ2v) is 4.41. The summed E-state index contributed by atoms with van der Waals surface area (Å²) < 4.78 is 10.3. The fourth-order valence-corrected chi connectivity index (χ4v) is 1.99. The SMILES string of the molecule is CCOc1ccc(-c2cc(Cl)sn2)cc1. The summed E-state index contributed by atoms with van der Waals surface area (Å²) in [5.74, 6) is 0.877. The molecule has 0 fully saturated rings. The van der Waals surface area contributed by atoms with Crippen molar-refractivity contribution in [3.8, 4) is 17.0 Å². The van der Waals surface area contributed by atoms with Gasteiger partial charge < -0.3 is 4.74 Å². The minimum atomic E-state index is 0.682. The van der Waals surface area contributed by atoms with Crippen LogP contribution in [0.25, 0.3) is 11.3 Å². The van der Waals surface area contributed by atoms with Crippen LogP contribution in [-0.4, -0.2) is 11.0 Å². The van der Waals surface area contributed by atoms with Crippen molar-refractivity contribution in [3.05, 3.63) is 34.7 Å². The van der Waals surface area contributed by atoms with Crippen molar-refractivity contribution in [1.29, 1.82) is 0 Å². The van der Waals surface area contributed by atoms with Crippen molar-refractivity contribution in [2.45, 2.75) is 6.92 Å². The third kappa shape index (κ3) is 2.49. The third-order valence-corrected chi connectivity index (χ3v) is 2.84. The molecule has 0 N–H and O–H groups in total. The first-order valence-electron chi connectivity index (χ1n) is 4.65. The lowest BCUT2D eigenvalue weighted by molar-refractivity contribution is 0.340. The maximum absolute atomic E-state index is 5.82. The van der Waals surface area contributed by atoms with Gasteiger partial charge in [0.25, 0.3) is 0 Å². The Morgan fingerprint density at radius 3 is 2.60 bits per heavy atom. The molecule has 0 aliphatic rings. The zero-order valence-electron chi connectivity index (χ0n) is 8.24. The first kappa shape index (κ1) is 10.5. The molecule has 1 heterocycles. The van der Waals surface area contributed by atoms with E-state index in [9.17, 15) is 0 Å². The number of nitrogens with zero attached hydrogens (tertiary/aromatic N) is 1. The Balaban J connectivity index is 2.23. The minimum Gasteiger partial charge on any atom is -0.494 e. The summed E-state index contributed by atoms with van der Waals surface area (Å²) in [7, 11) is 0. The molecule has 0 amide bonds. The van der Waals surface area contributed by atoms with E-state index < -0.39 is 0 Å². The highest BCUT2D eigenvalue weighted by atomic mass is 35.5. The fraction of sp³-hybridized carbons (Fsp3) is 0.182. The first-order valence-corrected chi connectivity index (χ1v) is 5.80. The van der Waals surface area contributed by atoms with Crippen LogP contribution < -0.4 is 4.74 Å². The van der Waals surface area contributed by atoms with E-state index in [1.807, 2.05) is 37.3 Å². The molecule has 1 aromatic heterocycles. The molecule has 0 radical (unpaired) electrons. The molecule has 1 aromatic carbocycles. The molecule has 2 aromatic rings. The summed E-state index contributed by atoms with van der Waals surface area (Å²) in [6.07, 6.45) is 0. The molecule has 0 aliphatic heterocycles. The second kappa shape index (κ2) is 4.64. The van der Waals surface area contributed by atoms with E-state index in [2.05, 4.69) is 4.37 Å². The van der Waals surface area contributed by atoms with Crippen LogP contribution in [-0.2, 0) is 0 Å². The number of hydrogen-bond acceptors (Lipinski definition) is 3. The van der Waals surface area contributed by atoms with E-state index in [0.717, 1.165) is 17.0 Å². The smallest absolute Gasteiger partial charge is 0.119 e. The van der Waals surface area contributed by atoms with Crippen LogP contribution >= 0.6 is 23.1 Å². The number of halogens is 1. The summed E-state index contributed by atoms with van der Waals surface area (Å²) >= 11 is 7.12. The molecule has 0 saturated carbocycles. The molecule has 0 spiro atoms. The Hall–Kier alpha value is -1.06. The molecule has 4 heteroatoms. The highest BCUT2D eigenvalue weighted by Gasteiger charge is 2.02. The van der Waals surface area contributed by atoms with Crippen molar-refractivity contribution in [1.82, 2.24) is 4.37 Å². The van der Waals surface area contributed by atoms with Crippen LogP contribution in [0.4, 0.5) is 0 Å². The van der Waals surface area contributed by atoms with E-state index in [-0.39, 0.29) is 0 Å². The predicted molar refractivity (Wildman–Crippen MR) is 63.7 cm³/mol. The van der Waals surface area contributed by atoms with Gasteiger partial charge in [-0.15, -0.1) is 0 Å². The quantitative estimate of drug-likeness (QED) is 0.812. The Kier molecular flexibility index (Phi) is 3.23. The molecular formula is C11H10ClNOS. The number of hydrogen-bond donors (Lipinski definition) is 0.